The Balaban J connectivity index is 2.25. The summed E-state index contributed by atoms with van der Waals surface area (Å²) in [6.45, 7) is 4.18. The lowest BCUT2D eigenvalue weighted by Gasteiger charge is -2.40. The molecule has 1 fully saturated rings. The zero-order valence-corrected chi connectivity index (χ0v) is 11.4. The van der Waals surface area contributed by atoms with Crippen molar-refractivity contribution in [3.05, 3.63) is 11.6 Å². The number of carbonyl (C=O) groups excluding carboxylic acids is 2. The van der Waals surface area contributed by atoms with Gasteiger partial charge in [-0.1, -0.05) is 19.4 Å². The third-order valence-electron chi connectivity index (χ3n) is 4.68. The van der Waals surface area contributed by atoms with E-state index < -0.39 is 0 Å². The molecule has 2 aliphatic rings. The van der Waals surface area contributed by atoms with Gasteiger partial charge >= 0.3 is 5.97 Å². The summed E-state index contributed by atoms with van der Waals surface area (Å²) >= 11 is 0. The van der Waals surface area contributed by atoms with Crippen molar-refractivity contribution in [3.63, 3.8) is 0 Å². The average molecular weight is 250 g/mol. The molecule has 0 aromatic rings. The molecule has 0 aliphatic heterocycles. The second-order valence-electron chi connectivity index (χ2n) is 5.73. The summed E-state index contributed by atoms with van der Waals surface area (Å²) in [6, 6.07) is 0. The van der Waals surface area contributed by atoms with Gasteiger partial charge in [0, 0.05) is 6.42 Å². The predicted molar refractivity (Wildman–Crippen MR) is 68.9 cm³/mol. The smallest absolute Gasteiger partial charge is 0.308 e. The van der Waals surface area contributed by atoms with Crippen LogP contribution in [0.4, 0.5) is 0 Å². The van der Waals surface area contributed by atoms with E-state index in [-0.39, 0.29) is 23.6 Å². The lowest BCUT2D eigenvalue weighted by molar-refractivity contribution is -0.146. The van der Waals surface area contributed by atoms with Crippen LogP contribution in [0.25, 0.3) is 0 Å². The van der Waals surface area contributed by atoms with Crippen LogP contribution < -0.4 is 0 Å². The van der Waals surface area contributed by atoms with Crippen molar-refractivity contribution in [1.29, 1.82) is 0 Å². The molecule has 4 atom stereocenters. The fourth-order valence-corrected chi connectivity index (χ4v) is 3.52. The predicted octanol–water partition coefficient (Wildman–Crippen LogP) is 2.75. The number of carbonyl (C=O) groups is 2. The quantitative estimate of drug-likeness (QED) is 0.708. The van der Waals surface area contributed by atoms with Crippen LogP contribution in [0.15, 0.2) is 11.6 Å². The number of ketones is 1. The van der Waals surface area contributed by atoms with E-state index in [1.165, 1.54) is 12.7 Å². The average Bonchev–Trinajstić information content (AvgIpc) is 2.37. The van der Waals surface area contributed by atoms with Gasteiger partial charge in [0.2, 0.25) is 0 Å². The van der Waals surface area contributed by atoms with Gasteiger partial charge < -0.3 is 4.74 Å². The third-order valence-corrected chi connectivity index (χ3v) is 4.68. The molecule has 2 rings (SSSR count). The molecule has 0 unspecified atom stereocenters. The number of rotatable bonds is 2. The molecule has 0 bridgehead atoms. The molecule has 3 heteroatoms. The Morgan fingerprint density at radius 2 is 2.11 bits per heavy atom. The number of hydrogen-bond donors (Lipinski definition) is 0. The minimum atomic E-state index is -0.160. The minimum Gasteiger partial charge on any atom is -0.469 e. The summed E-state index contributed by atoms with van der Waals surface area (Å²) in [5, 5.41) is 0. The van der Waals surface area contributed by atoms with Gasteiger partial charge in [-0.15, -0.1) is 0 Å². The maximum atomic E-state index is 11.7. The molecular weight excluding hydrogens is 228 g/mol. The molecule has 18 heavy (non-hydrogen) atoms. The van der Waals surface area contributed by atoms with Gasteiger partial charge in [0.05, 0.1) is 13.0 Å². The molecule has 0 radical (unpaired) electrons. The highest BCUT2D eigenvalue weighted by molar-refractivity contribution is 5.91. The summed E-state index contributed by atoms with van der Waals surface area (Å²) in [5.74, 6) is 1.24. The first-order chi connectivity index (χ1) is 8.54. The van der Waals surface area contributed by atoms with Crippen LogP contribution >= 0.6 is 0 Å². The standard InChI is InChI=1S/C15H22O3/c1-9-4-6-13(10(2)15(17)18-3)14-8-11(16)5-7-12(9)14/h8-10,12-13H,4-7H2,1-3H3/t9-,10-,12+,13-/m1/s1. The Hall–Kier alpha value is -1.12. The van der Waals surface area contributed by atoms with Gasteiger partial charge in [-0.3, -0.25) is 9.59 Å². The molecular formula is C15H22O3. The van der Waals surface area contributed by atoms with Crippen LogP contribution in [0.5, 0.6) is 0 Å². The minimum absolute atomic E-state index is 0.137. The maximum absolute atomic E-state index is 11.7. The summed E-state index contributed by atoms with van der Waals surface area (Å²) in [7, 11) is 1.43. The first-order valence-electron chi connectivity index (χ1n) is 6.86. The SMILES string of the molecule is COC(=O)[C@H](C)[C@H]1CC[C@@H](C)[C@@H]2CCC(=O)C=C21. The monoisotopic (exact) mass is 250 g/mol. The zero-order chi connectivity index (χ0) is 13.3. The van der Waals surface area contributed by atoms with E-state index >= 15 is 0 Å². The molecule has 0 aromatic heterocycles. The van der Waals surface area contributed by atoms with Gasteiger partial charge in [-0.2, -0.15) is 0 Å². The third kappa shape index (κ3) is 2.36. The first-order valence-corrected chi connectivity index (χ1v) is 6.86. The van der Waals surface area contributed by atoms with Gasteiger partial charge in [0.1, 0.15) is 0 Å². The molecule has 0 amide bonds. The van der Waals surface area contributed by atoms with Crippen molar-refractivity contribution in [3.8, 4) is 0 Å². The number of ether oxygens (including phenoxy) is 1. The number of hydrogen-bond acceptors (Lipinski definition) is 3. The highest BCUT2D eigenvalue weighted by Crippen LogP contribution is 2.45. The summed E-state index contributed by atoms with van der Waals surface area (Å²) in [4.78, 5) is 23.4. The molecule has 0 heterocycles. The lowest BCUT2D eigenvalue weighted by atomic mass is 9.64. The fraction of sp³-hybridized carbons (Fsp3) is 0.733. The van der Waals surface area contributed by atoms with Crippen LogP contribution in [0.3, 0.4) is 0 Å². The Morgan fingerprint density at radius 1 is 1.39 bits per heavy atom. The number of methoxy groups -OCH3 is 1. The second-order valence-corrected chi connectivity index (χ2v) is 5.73. The molecule has 100 valence electrons. The first kappa shape index (κ1) is 13.3. The summed E-state index contributed by atoms with van der Waals surface area (Å²) in [6.07, 6.45) is 5.57. The van der Waals surface area contributed by atoms with Crippen LogP contribution in [0.2, 0.25) is 0 Å². The zero-order valence-electron chi connectivity index (χ0n) is 11.4. The van der Waals surface area contributed by atoms with E-state index in [2.05, 4.69) is 6.92 Å². The van der Waals surface area contributed by atoms with E-state index in [1.54, 1.807) is 0 Å². The summed E-state index contributed by atoms with van der Waals surface area (Å²) < 4.78 is 4.85. The molecule has 0 saturated heterocycles. The fourth-order valence-electron chi connectivity index (χ4n) is 3.52. The van der Waals surface area contributed by atoms with Gasteiger partial charge in [0.15, 0.2) is 5.78 Å². The Kier molecular flexibility index (Phi) is 3.88. The van der Waals surface area contributed by atoms with Crippen molar-refractivity contribution >= 4 is 11.8 Å². The van der Waals surface area contributed by atoms with E-state index in [9.17, 15) is 9.59 Å². The van der Waals surface area contributed by atoms with E-state index in [1.807, 2.05) is 13.0 Å². The van der Waals surface area contributed by atoms with Crippen molar-refractivity contribution in [2.24, 2.45) is 23.7 Å². The second kappa shape index (κ2) is 5.25. The van der Waals surface area contributed by atoms with Gasteiger partial charge in [-0.05, 0) is 43.1 Å². The van der Waals surface area contributed by atoms with E-state index in [0.717, 1.165) is 19.3 Å². The van der Waals surface area contributed by atoms with Gasteiger partial charge in [0.25, 0.3) is 0 Å². The molecule has 1 saturated carbocycles. The van der Waals surface area contributed by atoms with Crippen molar-refractivity contribution in [1.82, 2.24) is 0 Å². The van der Waals surface area contributed by atoms with Crippen LogP contribution in [0, 0.1) is 23.7 Å². The highest BCUT2D eigenvalue weighted by Gasteiger charge is 2.39. The van der Waals surface area contributed by atoms with E-state index in [0.29, 0.717) is 18.3 Å². The topological polar surface area (TPSA) is 43.4 Å². The summed E-state index contributed by atoms with van der Waals surface area (Å²) in [5.41, 5.74) is 1.21. The number of esters is 1. The number of fused-ring (bicyclic) bond motifs is 1. The molecule has 0 spiro atoms. The Labute approximate surface area is 109 Å². The molecule has 0 aromatic carbocycles. The van der Waals surface area contributed by atoms with Crippen LogP contribution in [0.1, 0.15) is 39.5 Å². The lowest BCUT2D eigenvalue weighted by Crippen LogP contribution is -2.35. The van der Waals surface area contributed by atoms with Gasteiger partial charge in [-0.25, -0.2) is 0 Å². The van der Waals surface area contributed by atoms with Crippen molar-refractivity contribution in [2.45, 2.75) is 39.5 Å². The van der Waals surface area contributed by atoms with E-state index in [4.69, 9.17) is 4.74 Å². The largest absolute Gasteiger partial charge is 0.469 e. The molecule has 2 aliphatic carbocycles. The maximum Gasteiger partial charge on any atom is 0.308 e. The highest BCUT2D eigenvalue weighted by atomic mass is 16.5. The van der Waals surface area contributed by atoms with Crippen molar-refractivity contribution < 1.29 is 14.3 Å². The van der Waals surface area contributed by atoms with Crippen LogP contribution in [-0.2, 0) is 14.3 Å². The molecule has 0 N–H and O–H groups in total. The number of allylic oxidation sites excluding steroid dienone is 2. The molecule has 3 nitrogen and oxygen atoms in total. The Morgan fingerprint density at radius 3 is 2.78 bits per heavy atom. The van der Waals surface area contributed by atoms with Crippen molar-refractivity contribution in [2.75, 3.05) is 7.11 Å². The van der Waals surface area contributed by atoms with Crippen LogP contribution in [-0.4, -0.2) is 18.9 Å². The normalized spacial score (nSPS) is 33.4. The Bertz CT molecular complexity index is 383.